The summed E-state index contributed by atoms with van der Waals surface area (Å²) < 4.78 is 55.6. The number of rotatable bonds is 5. The van der Waals surface area contributed by atoms with Crippen molar-refractivity contribution in [2.45, 2.75) is 20.0 Å². The zero-order valence-corrected chi connectivity index (χ0v) is 7.90. The van der Waals surface area contributed by atoms with Gasteiger partial charge in [-0.1, -0.05) is 18.4 Å². The Morgan fingerprint density at radius 3 is 2.23 bits per heavy atom. The van der Waals surface area contributed by atoms with Gasteiger partial charge in [0.05, 0.1) is 0 Å². The molecule has 0 rings (SSSR count). The zero-order chi connectivity index (χ0) is 10.7. The van der Waals surface area contributed by atoms with E-state index < -0.39 is 27.1 Å². The van der Waals surface area contributed by atoms with Crippen LogP contribution in [0.2, 0.25) is 0 Å². The summed E-state index contributed by atoms with van der Waals surface area (Å²) in [6, 6.07) is 0. The van der Waals surface area contributed by atoms with Gasteiger partial charge in [-0.2, -0.15) is 13.7 Å². The lowest BCUT2D eigenvalue weighted by Gasteiger charge is -2.17. The highest BCUT2D eigenvalue weighted by molar-refractivity contribution is 7.55. The molecule has 0 saturated heterocycles. The van der Waals surface area contributed by atoms with Crippen LogP contribution < -0.4 is 0 Å². The van der Waals surface area contributed by atoms with Gasteiger partial charge in [-0.25, -0.2) is 4.39 Å². The van der Waals surface area contributed by atoms with Gasteiger partial charge in [0.15, 0.2) is 0 Å². The molecule has 0 amide bonds. The van der Waals surface area contributed by atoms with E-state index in [0.29, 0.717) is 0 Å². The van der Waals surface area contributed by atoms with E-state index in [9.17, 15) is 17.4 Å². The third kappa shape index (κ3) is 4.71. The van der Waals surface area contributed by atoms with Crippen LogP contribution in [0.4, 0.5) is 17.4 Å². The Morgan fingerprint density at radius 2 is 1.92 bits per heavy atom. The molecule has 0 bridgehead atoms. The third-order valence-electron chi connectivity index (χ3n) is 1.11. The van der Waals surface area contributed by atoms with Crippen molar-refractivity contribution in [3.8, 4) is 0 Å². The van der Waals surface area contributed by atoms with Crippen LogP contribution in [-0.4, -0.2) is 17.9 Å². The predicted octanol–water partition coefficient (Wildman–Crippen LogP) is 2.83. The van der Waals surface area contributed by atoms with Crippen molar-refractivity contribution < 1.29 is 31.3 Å². The number of hydrogen-bond acceptors (Lipinski definition) is 3. The van der Waals surface area contributed by atoms with Gasteiger partial charge >= 0.3 is 14.4 Å². The van der Waals surface area contributed by atoms with Gasteiger partial charge in [0.25, 0.3) is 0 Å². The highest BCUT2D eigenvalue weighted by Crippen LogP contribution is 2.62. The predicted molar refractivity (Wildman–Crippen MR) is 38.2 cm³/mol. The minimum atomic E-state index is -5.24. The molecule has 80 valence electrons. The Morgan fingerprint density at radius 1 is 1.46 bits per heavy atom. The summed E-state index contributed by atoms with van der Waals surface area (Å²) in [6.45, 7) is 0.375. The smallest absolute Gasteiger partial charge is 0.215 e. The molecule has 0 spiro atoms. The van der Waals surface area contributed by atoms with Gasteiger partial charge in [0.2, 0.25) is 6.86 Å². The zero-order valence-electron chi connectivity index (χ0n) is 7.01. The molecule has 8 heteroatoms. The monoisotopic (exact) mass is 225 g/mol. The molecular weight excluding hydrogens is 215 g/mol. The molecule has 1 atom stereocenters. The van der Waals surface area contributed by atoms with E-state index in [2.05, 4.69) is 9.05 Å². The Kier molecular flexibility index (Phi) is 4.51. The second kappa shape index (κ2) is 4.50. The van der Waals surface area contributed by atoms with Gasteiger partial charge in [-0.15, -0.1) is 4.52 Å². The van der Waals surface area contributed by atoms with Crippen LogP contribution in [0.25, 0.3) is 0 Å². The Bertz CT molecular complexity index is 164. The summed E-state index contributed by atoms with van der Waals surface area (Å²) in [5, 5.41) is 0. The van der Waals surface area contributed by atoms with Crippen molar-refractivity contribution in [2.24, 2.45) is 5.92 Å². The van der Waals surface area contributed by atoms with Crippen LogP contribution in [0.5, 0.6) is 0 Å². The topological polar surface area (TPSA) is 38.7 Å². The Hall–Kier alpha value is 0.0300. The molecule has 0 aromatic carbocycles. The van der Waals surface area contributed by atoms with Gasteiger partial charge in [0, 0.05) is 10.1 Å². The summed E-state index contributed by atoms with van der Waals surface area (Å²) in [7, 11) is -5.24. The fourth-order valence-electron chi connectivity index (χ4n) is 0.342. The van der Waals surface area contributed by atoms with Gasteiger partial charge in [-0.3, -0.25) is 0 Å². The maximum absolute atomic E-state index is 12.6. The maximum atomic E-state index is 12.6. The molecule has 0 aliphatic rings. The molecule has 0 aliphatic heterocycles. The Balaban J connectivity index is 4.24. The average Bonchev–Trinajstić information content (AvgIpc) is 1.83. The molecule has 0 heterocycles. The first-order valence-electron chi connectivity index (χ1n) is 3.32. The first kappa shape index (κ1) is 13.0. The summed E-state index contributed by atoms with van der Waals surface area (Å²) in [5.41, 5.74) is 0. The van der Waals surface area contributed by atoms with Crippen molar-refractivity contribution in [2.75, 3.05) is 6.86 Å². The van der Waals surface area contributed by atoms with Crippen LogP contribution in [-0.2, 0) is 9.05 Å². The van der Waals surface area contributed by atoms with E-state index in [1.807, 2.05) is 0 Å². The molecule has 0 radical (unpaired) electrons. The molecular formula is C5H10F4O3P+. The van der Waals surface area contributed by atoms with Crippen molar-refractivity contribution in [3.05, 3.63) is 0 Å². The molecule has 0 fully saturated rings. The molecule has 0 aromatic rings. The average molecular weight is 225 g/mol. The van der Waals surface area contributed by atoms with Crippen molar-refractivity contribution in [1.29, 1.82) is 0 Å². The van der Waals surface area contributed by atoms with Gasteiger partial charge < -0.3 is 0 Å². The first-order valence-corrected chi connectivity index (χ1v) is 4.78. The van der Waals surface area contributed by atoms with E-state index >= 15 is 0 Å². The van der Waals surface area contributed by atoms with Crippen molar-refractivity contribution in [1.82, 2.24) is 0 Å². The molecule has 0 saturated carbocycles. The van der Waals surface area contributed by atoms with Crippen LogP contribution in [0, 0.1) is 5.92 Å². The largest absolute Gasteiger partial charge is 0.629 e. The molecule has 0 aromatic heterocycles. The number of alkyl halides is 3. The van der Waals surface area contributed by atoms with Crippen LogP contribution >= 0.6 is 8.25 Å². The van der Waals surface area contributed by atoms with E-state index in [1.165, 1.54) is 0 Å². The summed E-state index contributed by atoms with van der Waals surface area (Å²) in [5.74, 6) is -1.35. The molecule has 3 nitrogen and oxygen atoms in total. The first-order chi connectivity index (χ1) is 5.71. The molecule has 13 heavy (non-hydrogen) atoms. The van der Waals surface area contributed by atoms with Crippen LogP contribution in [0.1, 0.15) is 13.8 Å². The molecule has 1 unspecified atom stereocenters. The Labute approximate surface area is 73.3 Å². The SMILES string of the molecule is CC(C)C(F)(F)O[P+](O)(F)OCF. The number of hydrogen-bond donors (Lipinski definition) is 1. The van der Waals surface area contributed by atoms with E-state index in [0.717, 1.165) is 13.8 Å². The highest BCUT2D eigenvalue weighted by atomic mass is 31.3. The minimum absolute atomic E-state index is 1.05. The van der Waals surface area contributed by atoms with E-state index in [1.54, 1.807) is 0 Å². The van der Waals surface area contributed by atoms with E-state index in [-0.39, 0.29) is 0 Å². The highest BCUT2D eigenvalue weighted by Gasteiger charge is 2.56. The standard InChI is InChI=1S/C5H10F4O3P/c1-4(2)5(7,8)12-13(9,10)11-3-6/h4,10H,3H2,1-2H3/q+1. The quantitative estimate of drug-likeness (QED) is 0.577. The summed E-state index contributed by atoms with van der Waals surface area (Å²) in [6.07, 6.45) is -3.88. The van der Waals surface area contributed by atoms with E-state index in [4.69, 9.17) is 4.89 Å². The number of halogens is 4. The maximum Gasteiger partial charge on any atom is 0.629 e. The molecule has 1 N–H and O–H groups in total. The fraction of sp³-hybridized carbons (Fsp3) is 1.00. The fourth-order valence-corrected chi connectivity index (χ4v) is 1.03. The minimum Gasteiger partial charge on any atom is -0.215 e. The molecule has 0 aliphatic carbocycles. The lowest BCUT2D eigenvalue weighted by Crippen LogP contribution is -2.27. The lowest BCUT2D eigenvalue weighted by atomic mass is 10.2. The van der Waals surface area contributed by atoms with Gasteiger partial charge in [0.1, 0.15) is 0 Å². The lowest BCUT2D eigenvalue weighted by molar-refractivity contribution is -0.221. The van der Waals surface area contributed by atoms with Crippen molar-refractivity contribution >= 4 is 8.25 Å². The summed E-state index contributed by atoms with van der Waals surface area (Å²) in [4.78, 5) is 8.38. The normalized spacial score (nSPS) is 17.5. The van der Waals surface area contributed by atoms with Crippen molar-refractivity contribution in [3.63, 3.8) is 0 Å². The second-order valence-corrected chi connectivity index (χ2v) is 3.84. The van der Waals surface area contributed by atoms with Crippen LogP contribution in [0.15, 0.2) is 0 Å². The summed E-state index contributed by atoms with van der Waals surface area (Å²) >= 11 is 0. The third-order valence-corrected chi connectivity index (χ3v) is 2.00. The second-order valence-electron chi connectivity index (χ2n) is 2.50. The van der Waals surface area contributed by atoms with Crippen LogP contribution in [0.3, 0.4) is 0 Å². The van der Waals surface area contributed by atoms with Gasteiger partial charge in [-0.05, 0) is 0 Å².